The average molecular weight is 296 g/mol. The Morgan fingerprint density at radius 2 is 1.95 bits per heavy atom. The summed E-state index contributed by atoms with van der Waals surface area (Å²) in [6, 6.07) is -0.189. The second-order valence-corrected chi connectivity index (χ2v) is 6.36. The van der Waals surface area contributed by atoms with Crippen molar-refractivity contribution in [1.29, 1.82) is 0 Å². The van der Waals surface area contributed by atoms with E-state index >= 15 is 0 Å². The van der Waals surface area contributed by atoms with Crippen molar-refractivity contribution in [3.63, 3.8) is 0 Å². The molecule has 1 saturated heterocycles. The van der Waals surface area contributed by atoms with E-state index in [9.17, 15) is 9.59 Å². The molecule has 6 heteroatoms. The van der Waals surface area contributed by atoms with Gasteiger partial charge in [-0.3, -0.25) is 14.5 Å². The van der Waals surface area contributed by atoms with Crippen LogP contribution in [0.2, 0.25) is 0 Å². The third-order valence-corrected chi connectivity index (χ3v) is 4.59. The van der Waals surface area contributed by atoms with E-state index in [-0.39, 0.29) is 23.9 Å². The normalized spacial score (nSPS) is 25.6. The van der Waals surface area contributed by atoms with E-state index in [1.165, 1.54) is 12.8 Å². The van der Waals surface area contributed by atoms with Crippen LogP contribution in [0.1, 0.15) is 32.6 Å². The summed E-state index contributed by atoms with van der Waals surface area (Å²) in [5.74, 6) is 0.114. The fourth-order valence-electron chi connectivity index (χ4n) is 3.25. The van der Waals surface area contributed by atoms with Crippen molar-refractivity contribution in [3.8, 4) is 0 Å². The SMILES string of the molecule is CC(C(=O)NC1CCCC1)N1CCNCC1C(=O)N(C)C. The summed E-state index contributed by atoms with van der Waals surface area (Å²) in [7, 11) is 3.52. The fraction of sp³-hybridized carbons (Fsp3) is 0.867. The Morgan fingerprint density at radius 1 is 1.29 bits per heavy atom. The zero-order valence-electron chi connectivity index (χ0n) is 13.4. The molecule has 2 N–H and O–H groups in total. The molecule has 2 aliphatic rings. The molecule has 2 unspecified atom stereocenters. The highest BCUT2D eigenvalue weighted by Crippen LogP contribution is 2.18. The number of nitrogens with one attached hydrogen (secondary N) is 2. The minimum atomic E-state index is -0.262. The molecule has 6 nitrogen and oxygen atoms in total. The highest BCUT2D eigenvalue weighted by Gasteiger charge is 2.35. The molecule has 120 valence electrons. The van der Waals surface area contributed by atoms with E-state index in [1.54, 1.807) is 19.0 Å². The first-order chi connectivity index (χ1) is 10.0. The van der Waals surface area contributed by atoms with Crippen LogP contribution >= 0.6 is 0 Å². The van der Waals surface area contributed by atoms with Gasteiger partial charge in [0.1, 0.15) is 6.04 Å². The number of nitrogens with zero attached hydrogens (tertiary/aromatic N) is 2. The second-order valence-electron chi connectivity index (χ2n) is 6.36. The lowest BCUT2D eigenvalue weighted by Gasteiger charge is -2.39. The maximum Gasteiger partial charge on any atom is 0.240 e. The molecule has 0 aromatic heterocycles. The van der Waals surface area contributed by atoms with Gasteiger partial charge in [0, 0.05) is 39.8 Å². The largest absolute Gasteiger partial charge is 0.352 e. The third kappa shape index (κ3) is 3.95. The van der Waals surface area contributed by atoms with Gasteiger partial charge in [0.15, 0.2) is 0 Å². The average Bonchev–Trinajstić information content (AvgIpc) is 2.98. The minimum absolute atomic E-state index is 0.0559. The van der Waals surface area contributed by atoms with Crippen molar-refractivity contribution in [2.45, 2.75) is 50.7 Å². The number of carbonyl (C=O) groups excluding carboxylic acids is 2. The Kier molecular flexibility index (Phi) is 5.58. The highest BCUT2D eigenvalue weighted by molar-refractivity contribution is 5.85. The summed E-state index contributed by atoms with van der Waals surface area (Å²) in [4.78, 5) is 28.4. The molecule has 0 aromatic carbocycles. The molecule has 1 aliphatic heterocycles. The maximum atomic E-state index is 12.4. The Bertz CT molecular complexity index is 380. The Labute approximate surface area is 127 Å². The molecule has 0 bridgehead atoms. The predicted molar refractivity (Wildman–Crippen MR) is 81.9 cm³/mol. The number of hydrogen-bond acceptors (Lipinski definition) is 4. The lowest BCUT2D eigenvalue weighted by Crippen LogP contribution is -2.62. The third-order valence-electron chi connectivity index (χ3n) is 4.59. The van der Waals surface area contributed by atoms with E-state index < -0.39 is 0 Å². The summed E-state index contributed by atoms with van der Waals surface area (Å²) in [6.07, 6.45) is 4.57. The van der Waals surface area contributed by atoms with Gasteiger partial charge < -0.3 is 15.5 Å². The number of hydrogen-bond donors (Lipinski definition) is 2. The number of piperazine rings is 1. The van der Waals surface area contributed by atoms with E-state index in [1.807, 2.05) is 11.8 Å². The van der Waals surface area contributed by atoms with Crippen LogP contribution in [0.5, 0.6) is 0 Å². The van der Waals surface area contributed by atoms with Crippen LogP contribution in [0.25, 0.3) is 0 Å². The molecular formula is C15H28N4O2. The lowest BCUT2D eigenvalue weighted by molar-refractivity contribution is -0.138. The molecule has 21 heavy (non-hydrogen) atoms. The van der Waals surface area contributed by atoms with E-state index in [0.717, 1.165) is 25.9 Å². The highest BCUT2D eigenvalue weighted by atomic mass is 16.2. The van der Waals surface area contributed by atoms with E-state index in [2.05, 4.69) is 10.6 Å². The smallest absolute Gasteiger partial charge is 0.240 e. The van der Waals surface area contributed by atoms with Crippen molar-refractivity contribution >= 4 is 11.8 Å². The van der Waals surface area contributed by atoms with Gasteiger partial charge in [-0.25, -0.2) is 0 Å². The first-order valence-electron chi connectivity index (χ1n) is 7.98. The summed E-state index contributed by atoms with van der Waals surface area (Å²) in [5.41, 5.74) is 0. The molecule has 1 aliphatic carbocycles. The number of amides is 2. The van der Waals surface area contributed by atoms with Gasteiger partial charge in [0.2, 0.25) is 11.8 Å². The van der Waals surface area contributed by atoms with Crippen LogP contribution in [0.3, 0.4) is 0 Å². The van der Waals surface area contributed by atoms with Crippen LogP contribution in [-0.2, 0) is 9.59 Å². The van der Waals surface area contributed by atoms with Gasteiger partial charge in [0.05, 0.1) is 6.04 Å². The van der Waals surface area contributed by atoms with Crippen LogP contribution in [-0.4, -0.2) is 73.5 Å². The summed E-state index contributed by atoms with van der Waals surface area (Å²) in [5, 5.41) is 6.39. The zero-order chi connectivity index (χ0) is 15.4. The quantitative estimate of drug-likeness (QED) is 0.754. The fourth-order valence-corrected chi connectivity index (χ4v) is 3.25. The van der Waals surface area contributed by atoms with E-state index in [4.69, 9.17) is 0 Å². The van der Waals surface area contributed by atoms with Crippen molar-refractivity contribution in [3.05, 3.63) is 0 Å². The standard InChI is InChI=1S/C15H28N4O2/c1-11(14(20)17-12-6-4-5-7-12)19-9-8-16-10-13(19)15(21)18(2)3/h11-13,16H,4-10H2,1-3H3,(H,17,20). The monoisotopic (exact) mass is 296 g/mol. The summed E-state index contributed by atoms with van der Waals surface area (Å²) in [6.45, 7) is 4.06. The number of carbonyl (C=O) groups is 2. The first-order valence-corrected chi connectivity index (χ1v) is 7.98. The molecule has 1 saturated carbocycles. The Balaban J connectivity index is 1.98. The molecule has 2 atom stereocenters. The van der Waals surface area contributed by atoms with Crippen LogP contribution in [0.4, 0.5) is 0 Å². The van der Waals surface area contributed by atoms with Crippen molar-refractivity contribution < 1.29 is 9.59 Å². The van der Waals surface area contributed by atoms with Gasteiger partial charge in [-0.2, -0.15) is 0 Å². The molecule has 0 aromatic rings. The molecule has 2 amide bonds. The Morgan fingerprint density at radius 3 is 2.57 bits per heavy atom. The van der Waals surface area contributed by atoms with Gasteiger partial charge >= 0.3 is 0 Å². The van der Waals surface area contributed by atoms with Gasteiger partial charge in [0.25, 0.3) is 0 Å². The predicted octanol–water partition coefficient (Wildman–Crippen LogP) is -0.204. The van der Waals surface area contributed by atoms with Gasteiger partial charge in [-0.15, -0.1) is 0 Å². The van der Waals surface area contributed by atoms with Crippen molar-refractivity contribution in [2.24, 2.45) is 0 Å². The molecule has 0 radical (unpaired) electrons. The minimum Gasteiger partial charge on any atom is -0.352 e. The summed E-state index contributed by atoms with van der Waals surface area (Å²) >= 11 is 0. The van der Waals surface area contributed by atoms with Gasteiger partial charge in [-0.05, 0) is 19.8 Å². The second kappa shape index (κ2) is 7.22. The number of rotatable bonds is 4. The lowest BCUT2D eigenvalue weighted by atomic mass is 10.1. The molecule has 1 heterocycles. The van der Waals surface area contributed by atoms with Crippen LogP contribution in [0, 0.1) is 0 Å². The van der Waals surface area contributed by atoms with E-state index in [0.29, 0.717) is 12.6 Å². The summed E-state index contributed by atoms with van der Waals surface area (Å²) < 4.78 is 0. The molecule has 0 spiro atoms. The first kappa shape index (κ1) is 16.2. The maximum absolute atomic E-state index is 12.4. The van der Waals surface area contributed by atoms with Crippen molar-refractivity contribution in [2.75, 3.05) is 33.7 Å². The Hall–Kier alpha value is -1.14. The van der Waals surface area contributed by atoms with Crippen molar-refractivity contribution in [1.82, 2.24) is 20.4 Å². The molecular weight excluding hydrogens is 268 g/mol. The van der Waals surface area contributed by atoms with Gasteiger partial charge in [-0.1, -0.05) is 12.8 Å². The van der Waals surface area contributed by atoms with Crippen LogP contribution in [0.15, 0.2) is 0 Å². The zero-order valence-corrected chi connectivity index (χ0v) is 13.4. The number of likely N-dealkylation sites (N-methyl/N-ethyl adjacent to an activating group) is 1. The molecule has 2 fully saturated rings. The molecule has 2 rings (SSSR count). The van der Waals surface area contributed by atoms with Crippen LogP contribution < -0.4 is 10.6 Å². The topological polar surface area (TPSA) is 64.7 Å².